The maximum atomic E-state index is 14.4. The largest absolute Gasteiger partial charge is 0.573 e. The fourth-order valence-corrected chi connectivity index (χ4v) is 6.05. The van der Waals surface area contributed by atoms with Gasteiger partial charge in [0, 0.05) is 26.9 Å². The fourth-order valence-electron chi connectivity index (χ4n) is 4.30. The molecule has 1 heterocycles. The molecule has 1 aromatic heterocycles. The van der Waals surface area contributed by atoms with Gasteiger partial charge in [0.25, 0.3) is 5.91 Å². The number of hydrogen-bond donors (Lipinski definition) is 2. The molecule has 0 fully saturated rings. The van der Waals surface area contributed by atoms with E-state index in [0.717, 1.165) is 29.7 Å². The van der Waals surface area contributed by atoms with Crippen molar-refractivity contribution >= 4 is 60.3 Å². The first-order valence-electron chi connectivity index (χ1n) is 12.7. The van der Waals surface area contributed by atoms with E-state index in [1.807, 2.05) is 0 Å². The number of nitrogens with one attached hydrogen (secondary N) is 2. The topological polar surface area (TPSA) is 93.7 Å². The van der Waals surface area contributed by atoms with Crippen molar-refractivity contribution in [2.24, 2.45) is 0 Å². The van der Waals surface area contributed by atoms with Crippen LogP contribution < -0.4 is 19.5 Å². The summed E-state index contributed by atoms with van der Waals surface area (Å²) in [6.45, 7) is 7.04. The molecule has 0 bridgehead atoms. The lowest BCUT2D eigenvalue weighted by Crippen LogP contribution is -2.22. The number of anilines is 2. The van der Waals surface area contributed by atoms with Crippen LogP contribution in [0.4, 0.5) is 28.9 Å². The van der Waals surface area contributed by atoms with Gasteiger partial charge in [-0.05, 0) is 78.9 Å². The summed E-state index contributed by atoms with van der Waals surface area (Å²) in [5, 5.41) is 3.47. The molecule has 0 spiro atoms. The van der Waals surface area contributed by atoms with Gasteiger partial charge in [-0.2, -0.15) is 0 Å². The second kappa shape index (κ2) is 11.9. The lowest BCUT2D eigenvalue weighted by atomic mass is 9.78. The van der Waals surface area contributed by atoms with Crippen LogP contribution in [-0.4, -0.2) is 33.0 Å². The minimum Gasteiger partial charge on any atom is -0.491 e. The van der Waals surface area contributed by atoms with Crippen molar-refractivity contribution < 1.29 is 40.2 Å². The summed E-state index contributed by atoms with van der Waals surface area (Å²) < 4.78 is 89.1. The number of hydrogen-bond acceptors (Lipinski definition) is 6. The van der Waals surface area contributed by atoms with E-state index in [-0.39, 0.29) is 27.4 Å². The van der Waals surface area contributed by atoms with Crippen LogP contribution in [0.15, 0.2) is 54.6 Å². The molecular weight excluding hydrogens is 632 g/mol. The molecule has 0 aliphatic rings. The average Bonchev–Trinajstić information content (AvgIpc) is 3.24. The lowest BCUT2D eigenvalue weighted by Gasteiger charge is -2.28. The molecule has 0 atom stereocenters. The molecule has 4 rings (SSSR count). The quantitative estimate of drug-likeness (QED) is 0.176. The molecule has 0 saturated heterocycles. The summed E-state index contributed by atoms with van der Waals surface area (Å²) in [7, 11) is -3.72. The highest BCUT2D eigenvalue weighted by Gasteiger charge is 2.33. The molecule has 1 amide bonds. The number of benzene rings is 3. The number of carbonyl (C=O) groups is 1. The van der Waals surface area contributed by atoms with Crippen LogP contribution in [0.2, 0.25) is 5.02 Å². The van der Waals surface area contributed by atoms with Gasteiger partial charge in [0.15, 0.2) is 0 Å². The van der Waals surface area contributed by atoms with Crippen LogP contribution >= 0.6 is 22.9 Å². The van der Waals surface area contributed by atoms with Crippen LogP contribution in [0.5, 0.6) is 11.5 Å². The number of carbonyl (C=O) groups excluding carboxylic acids is 1. The Morgan fingerprint density at radius 1 is 0.953 bits per heavy atom. The van der Waals surface area contributed by atoms with Gasteiger partial charge in [0.05, 0.1) is 22.9 Å². The van der Waals surface area contributed by atoms with Crippen LogP contribution in [0.25, 0.3) is 10.1 Å². The van der Waals surface area contributed by atoms with Gasteiger partial charge in [-0.25, -0.2) is 12.8 Å². The van der Waals surface area contributed by atoms with Crippen LogP contribution in [0.1, 0.15) is 48.5 Å². The first-order chi connectivity index (χ1) is 19.8. The first kappa shape index (κ1) is 32.4. The molecule has 0 aliphatic heterocycles. The number of thiophene rings is 1. The summed E-state index contributed by atoms with van der Waals surface area (Å²) in [4.78, 5) is 13.4. The second-order valence-corrected chi connectivity index (χ2v) is 13.8. The van der Waals surface area contributed by atoms with Crippen molar-refractivity contribution in [2.75, 3.05) is 16.3 Å². The molecule has 43 heavy (non-hydrogen) atoms. The maximum Gasteiger partial charge on any atom is 0.573 e. The Morgan fingerprint density at radius 3 is 2.23 bits per heavy atom. The molecule has 7 nitrogen and oxygen atoms in total. The van der Waals surface area contributed by atoms with Gasteiger partial charge < -0.3 is 14.8 Å². The Morgan fingerprint density at radius 2 is 1.60 bits per heavy atom. The zero-order chi connectivity index (χ0) is 31.9. The van der Waals surface area contributed by atoms with Crippen molar-refractivity contribution in [1.29, 1.82) is 0 Å². The third kappa shape index (κ3) is 8.30. The Kier molecular flexibility index (Phi) is 8.92. The van der Waals surface area contributed by atoms with E-state index in [4.69, 9.17) is 16.3 Å². The third-order valence-electron chi connectivity index (χ3n) is 6.21. The predicted molar refractivity (Wildman–Crippen MR) is 161 cm³/mol. The average molecular weight is 659 g/mol. The number of fused-ring (bicyclic) bond motifs is 1. The summed E-state index contributed by atoms with van der Waals surface area (Å²) in [6, 6.07) is 12.8. The molecule has 230 valence electrons. The van der Waals surface area contributed by atoms with Gasteiger partial charge in [0.2, 0.25) is 10.0 Å². The van der Waals surface area contributed by atoms with Gasteiger partial charge in [-0.3, -0.25) is 9.52 Å². The minimum atomic E-state index is -4.91. The number of halogens is 5. The third-order valence-corrected chi connectivity index (χ3v) is 8.12. The smallest absolute Gasteiger partial charge is 0.491 e. The Hall–Kier alpha value is -3.55. The summed E-state index contributed by atoms with van der Waals surface area (Å²) >= 11 is 7.41. The monoisotopic (exact) mass is 658 g/mol. The van der Waals surface area contributed by atoms with Gasteiger partial charge in [-0.15, -0.1) is 24.5 Å². The van der Waals surface area contributed by atoms with Crippen molar-refractivity contribution in [3.05, 3.63) is 81.4 Å². The molecule has 14 heteroatoms. The van der Waals surface area contributed by atoms with Crippen LogP contribution in [-0.2, 0) is 15.4 Å². The highest BCUT2D eigenvalue weighted by molar-refractivity contribution is 7.92. The molecule has 2 N–H and O–H groups in total. The number of rotatable bonds is 9. The minimum absolute atomic E-state index is 0.187. The van der Waals surface area contributed by atoms with Crippen molar-refractivity contribution in [3.63, 3.8) is 0 Å². The van der Waals surface area contributed by atoms with E-state index in [9.17, 15) is 30.8 Å². The van der Waals surface area contributed by atoms with E-state index in [1.165, 1.54) is 24.3 Å². The summed E-state index contributed by atoms with van der Waals surface area (Å²) in [5.41, 5.74) is 0.153. The zero-order valence-corrected chi connectivity index (χ0v) is 25.9. The fraction of sp³-hybridized carbons (Fsp3) is 0.276. The number of sulfonamides is 1. The van der Waals surface area contributed by atoms with Crippen molar-refractivity contribution in [2.45, 2.75) is 45.6 Å². The van der Waals surface area contributed by atoms with Crippen LogP contribution in [0, 0.1) is 5.82 Å². The van der Waals surface area contributed by atoms with E-state index < -0.39 is 39.3 Å². The Bertz CT molecular complexity index is 1800. The van der Waals surface area contributed by atoms with E-state index >= 15 is 0 Å². The molecular formula is C29H27ClF4N2O5S2. The SMILES string of the molecule is CC(C)Oc1cc(OC(F)(F)F)cc(C(C)(C)c2cc(Cl)cc(NC(=O)c3cc4cc(NS(C)(=O)=O)c(F)cc4s3)c2)c1. The molecule has 3 aromatic carbocycles. The van der Waals surface area contributed by atoms with E-state index in [1.54, 1.807) is 45.9 Å². The highest BCUT2D eigenvalue weighted by atomic mass is 35.5. The van der Waals surface area contributed by atoms with Gasteiger partial charge >= 0.3 is 6.36 Å². The van der Waals surface area contributed by atoms with E-state index in [2.05, 4.69) is 14.8 Å². The van der Waals surface area contributed by atoms with Gasteiger partial charge in [-0.1, -0.05) is 25.4 Å². The van der Waals surface area contributed by atoms with Gasteiger partial charge in [0.1, 0.15) is 17.3 Å². The highest BCUT2D eigenvalue weighted by Crippen LogP contribution is 2.40. The van der Waals surface area contributed by atoms with E-state index in [0.29, 0.717) is 26.9 Å². The normalized spacial score (nSPS) is 12.4. The van der Waals surface area contributed by atoms with Crippen LogP contribution in [0.3, 0.4) is 0 Å². The molecule has 0 radical (unpaired) electrons. The number of amides is 1. The lowest BCUT2D eigenvalue weighted by molar-refractivity contribution is -0.274. The molecule has 4 aromatic rings. The first-order valence-corrected chi connectivity index (χ1v) is 15.8. The maximum absolute atomic E-state index is 14.4. The van der Waals surface area contributed by atoms with Crippen molar-refractivity contribution in [1.82, 2.24) is 0 Å². The summed E-state index contributed by atoms with van der Waals surface area (Å²) in [6.07, 6.45) is -4.32. The zero-order valence-electron chi connectivity index (χ0n) is 23.5. The summed E-state index contributed by atoms with van der Waals surface area (Å²) in [5.74, 6) is -1.58. The number of alkyl halides is 3. The second-order valence-electron chi connectivity index (χ2n) is 10.6. The standard InChI is InChI=1S/C29H27ClF4N2O5S2/c1-15(2)40-21-10-18(11-22(13-21)41-29(32,33)34)28(3,4)17-8-19(30)12-20(9-17)35-27(37)26-7-16-6-24(36-43(5,38)39)23(31)14-25(16)42-26/h6-15,36H,1-5H3,(H,35,37). The molecule has 0 saturated carbocycles. The Balaban J connectivity index is 1.66. The van der Waals surface area contributed by atoms with Crippen molar-refractivity contribution in [3.8, 4) is 11.5 Å². The molecule has 0 aliphatic carbocycles. The molecule has 0 unspecified atom stereocenters. The Labute approximate surface area is 254 Å². The predicted octanol–water partition coefficient (Wildman–Crippen LogP) is 8.33. The number of ether oxygens (including phenoxy) is 2.